The lowest BCUT2D eigenvalue weighted by Crippen LogP contribution is -2.26. The van der Waals surface area contributed by atoms with Gasteiger partial charge in [0.25, 0.3) is 0 Å². The van der Waals surface area contributed by atoms with Crippen molar-refractivity contribution in [1.29, 1.82) is 0 Å². The van der Waals surface area contributed by atoms with E-state index in [0.717, 1.165) is 69.3 Å². The van der Waals surface area contributed by atoms with Crippen molar-refractivity contribution in [3.63, 3.8) is 0 Å². The highest BCUT2D eigenvalue weighted by Crippen LogP contribution is 2.19. The molecule has 0 aliphatic carbocycles. The topological polar surface area (TPSA) is 58.2 Å². The van der Waals surface area contributed by atoms with Gasteiger partial charge in [-0.05, 0) is 63.4 Å². The molecular formula is C34H50N2O2S2. The Bertz CT molecular complexity index is 908. The molecule has 2 amide bonds. The first-order chi connectivity index (χ1) is 19.7. The molecule has 2 N–H and O–H groups in total. The molecule has 1 rings (SSSR count). The molecule has 0 atom stereocenters. The van der Waals surface area contributed by atoms with Gasteiger partial charge in [0.1, 0.15) is 0 Å². The number of rotatable bonds is 24. The van der Waals surface area contributed by atoms with Crippen molar-refractivity contribution in [2.45, 2.75) is 77.6 Å². The maximum absolute atomic E-state index is 12.0. The van der Waals surface area contributed by atoms with E-state index in [4.69, 9.17) is 0 Å². The van der Waals surface area contributed by atoms with E-state index in [1.54, 1.807) is 21.6 Å². The first-order valence-electron chi connectivity index (χ1n) is 14.8. The molecule has 0 aromatic heterocycles. The number of benzene rings is 1. The van der Waals surface area contributed by atoms with Gasteiger partial charge in [0.15, 0.2) is 0 Å². The minimum Gasteiger partial charge on any atom is -0.355 e. The minimum absolute atomic E-state index is 0.123. The number of carbonyl (C=O) groups is 2. The van der Waals surface area contributed by atoms with E-state index < -0.39 is 0 Å². The Morgan fingerprint density at radius 2 is 1.12 bits per heavy atom. The molecule has 0 aliphatic heterocycles. The Labute approximate surface area is 251 Å². The Morgan fingerprint density at radius 3 is 1.65 bits per heavy atom. The number of aryl methyl sites for hydroxylation is 1. The van der Waals surface area contributed by atoms with E-state index in [2.05, 4.69) is 90.5 Å². The lowest BCUT2D eigenvalue weighted by molar-refractivity contribution is -0.121. The monoisotopic (exact) mass is 582 g/mol. The molecule has 0 fully saturated rings. The molecular weight excluding hydrogens is 533 g/mol. The predicted molar refractivity (Wildman–Crippen MR) is 179 cm³/mol. The molecule has 0 bridgehead atoms. The van der Waals surface area contributed by atoms with Crippen LogP contribution >= 0.6 is 21.6 Å². The van der Waals surface area contributed by atoms with Crippen LogP contribution in [0.25, 0.3) is 0 Å². The summed E-state index contributed by atoms with van der Waals surface area (Å²) in [6.45, 7) is 3.52. The molecule has 1 aromatic carbocycles. The second-order valence-corrected chi connectivity index (χ2v) is 12.0. The Morgan fingerprint density at radius 1 is 0.650 bits per heavy atom. The first kappa shape index (κ1) is 35.6. The summed E-state index contributed by atoms with van der Waals surface area (Å²) < 4.78 is 0. The summed E-state index contributed by atoms with van der Waals surface area (Å²) in [6, 6.07) is 10.3. The van der Waals surface area contributed by atoms with Gasteiger partial charge in [-0.1, -0.05) is 120 Å². The summed E-state index contributed by atoms with van der Waals surface area (Å²) in [5, 5.41) is 5.98. The van der Waals surface area contributed by atoms with Crippen LogP contribution in [0.4, 0.5) is 0 Å². The molecule has 4 nitrogen and oxygen atoms in total. The van der Waals surface area contributed by atoms with E-state index in [9.17, 15) is 9.59 Å². The summed E-state index contributed by atoms with van der Waals surface area (Å²) in [4.78, 5) is 23.9. The number of allylic oxidation sites excluding steroid dienone is 10. The zero-order valence-electron chi connectivity index (χ0n) is 24.4. The van der Waals surface area contributed by atoms with E-state index >= 15 is 0 Å². The smallest absolute Gasteiger partial charge is 0.220 e. The quantitative estimate of drug-likeness (QED) is 0.0728. The van der Waals surface area contributed by atoms with Crippen molar-refractivity contribution in [3.8, 4) is 0 Å². The zero-order chi connectivity index (χ0) is 28.8. The maximum Gasteiger partial charge on any atom is 0.220 e. The number of nitrogens with one attached hydrogen (secondary N) is 2. The lowest BCUT2D eigenvalue weighted by atomic mass is 10.1. The number of hydrogen-bond acceptors (Lipinski definition) is 4. The summed E-state index contributed by atoms with van der Waals surface area (Å²) in [5.41, 5.74) is 1.28. The Kier molecular flexibility index (Phi) is 25.0. The summed E-state index contributed by atoms with van der Waals surface area (Å²) >= 11 is 0. The third-order valence-electron chi connectivity index (χ3n) is 5.74. The maximum atomic E-state index is 12.0. The van der Waals surface area contributed by atoms with Crippen molar-refractivity contribution in [2.75, 3.05) is 24.6 Å². The normalized spacial score (nSPS) is 12.0. The molecule has 0 heterocycles. The third kappa shape index (κ3) is 24.6. The number of unbranched alkanes of at least 4 members (excludes halogenated alkanes) is 1. The van der Waals surface area contributed by atoms with E-state index in [1.165, 1.54) is 5.56 Å². The van der Waals surface area contributed by atoms with Gasteiger partial charge in [0, 0.05) is 37.4 Å². The zero-order valence-corrected chi connectivity index (χ0v) is 26.0. The van der Waals surface area contributed by atoms with Gasteiger partial charge < -0.3 is 10.6 Å². The second-order valence-electron chi connectivity index (χ2n) is 9.28. The summed E-state index contributed by atoms with van der Waals surface area (Å²) in [6.07, 6.45) is 31.8. The predicted octanol–water partition coefficient (Wildman–Crippen LogP) is 8.54. The van der Waals surface area contributed by atoms with Crippen molar-refractivity contribution in [2.24, 2.45) is 0 Å². The van der Waals surface area contributed by atoms with E-state index in [1.807, 2.05) is 18.2 Å². The highest BCUT2D eigenvalue weighted by molar-refractivity contribution is 8.76. The van der Waals surface area contributed by atoms with Crippen molar-refractivity contribution >= 4 is 33.4 Å². The fraction of sp³-hybridized carbons (Fsp3) is 0.471. The molecule has 40 heavy (non-hydrogen) atoms. The minimum atomic E-state index is 0.123. The fourth-order valence-corrected chi connectivity index (χ4v) is 5.42. The van der Waals surface area contributed by atoms with Gasteiger partial charge in [-0.15, -0.1) is 0 Å². The standard InChI is InChI=1S/C34H50N2O2S2/c1-2-3-4-5-6-7-8-9-10-11-12-13-14-15-16-17-21-26-33(37)35-28-30-39-40-31-29-36-34(38)27-22-25-32-23-19-18-20-24-32/h3-4,6-7,9-10,12-13,15-16,18-20,23-24H,2,5,8,11,14,17,21-22,25-31H2,1H3,(H,35,37)(H,36,38)/b4-3-,7-6-,10-9-,13-12-,16-15-. The second kappa shape index (κ2) is 28.1. The molecule has 1 aromatic rings. The summed E-state index contributed by atoms with van der Waals surface area (Å²) in [5.74, 6) is 1.99. The van der Waals surface area contributed by atoms with Crippen LogP contribution < -0.4 is 10.6 Å². The Hall–Kier alpha value is -2.44. The molecule has 6 heteroatoms. The SMILES string of the molecule is CC/C=C\C/C=C\C/C=C\C/C=C\C/C=C\CCCC(=O)NCCSSCCNC(=O)CCCc1ccccc1. The average Bonchev–Trinajstić information content (AvgIpc) is 2.96. The molecule has 0 saturated carbocycles. The van der Waals surface area contributed by atoms with Crippen LogP contribution in [0.2, 0.25) is 0 Å². The van der Waals surface area contributed by atoms with Crippen LogP contribution in [0.3, 0.4) is 0 Å². The number of carbonyl (C=O) groups excluding carboxylic acids is 2. The third-order valence-corrected chi connectivity index (χ3v) is 8.15. The van der Waals surface area contributed by atoms with Crippen LogP contribution in [0.5, 0.6) is 0 Å². The number of hydrogen-bond donors (Lipinski definition) is 2. The van der Waals surface area contributed by atoms with Crippen molar-refractivity contribution < 1.29 is 9.59 Å². The van der Waals surface area contributed by atoms with E-state index in [-0.39, 0.29) is 11.8 Å². The van der Waals surface area contributed by atoms with Crippen LogP contribution in [0, 0.1) is 0 Å². The molecule has 220 valence electrons. The van der Waals surface area contributed by atoms with Gasteiger partial charge in [-0.3, -0.25) is 9.59 Å². The van der Waals surface area contributed by atoms with Gasteiger partial charge in [-0.25, -0.2) is 0 Å². The highest BCUT2D eigenvalue weighted by atomic mass is 33.1. The molecule has 0 unspecified atom stereocenters. The van der Waals surface area contributed by atoms with Gasteiger partial charge in [-0.2, -0.15) is 0 Å². The van der Waals surface area contributed by atoms with Crippen LogP contribution in [-0.4, -0.2) is 36.4 Å². The largest absolute Gasteiger partial charge is 0.355 e. The van der Waals surface area contributed by atoms with Crippen molar-refractivity contribution in [3.05, 3.63) is 96.7 Å². The summed E-state index contributed by atoms with van der Waals surface area (Å²) in [7, 11) is 3.47. The first-order valence-corrected chi connectivity index (χ1v) is 17.3. The Balaban J connectivity index is 1.85. The van der Waals surface area contributed by atoms with Crippen LogP contribution in [0.15, 0.2) is 91.1 Å². The molecule has 0 aliphatic rings. The molecule has 0 spiro atoms. The van der Waals surface area contributed by atoms with Crippen LogP contribution in [0.1, 0.15) is 76.7 Å². The lowest BCUT2D eigenvalue weighted by Gasteiger charge is -2.06. The van der Waals surface area contributed by atoms with Crippen molar-refractivity contribution in [1.82, 2.24) is 10.6 Å². The van der Waals surface area contributed by atoms with Gasteiger partial charge in [0.2, 0.25) is 11.8 Å². The number of amides is 2. The molecule has 0 saturated heterocycles. The van der Waals surface area contributed by atoms with E-state index in [0.29, 0.717) is 25.9 Å². The van der Waals surface area contributed by atoms with Crippen LogP contribution in [-0.2, 0) is 16.0 Å². The average molecular weight is 583 g/mol. The highest BCUT2D eigenvalue weighted by Gasteiger charge is 2.02. The van der Waals surface area contributed by atoms with Gasteiger partial charge >= 0.3 is 0 Å². The van der Waals surface area contributed by atoms with Gasteiger partial charge in [0.05, 0.1) is 0 Å². The molecule has 0 radical (unpaired) electrons. The fourth-order valence-electron chi connectivity index (χ4n) is 3.61.